The van der Waals surface area contributed by atoms with Gasteiger partial charge in [-0.1, -0.05) is 60.7 Å². The minimum atomic E-state index is -1.93. The van der Waals surface area contributed by atoms with Crippen molar-refractivity contribution in [3.05, 3.63) is 71.8 Å². The number of hydrogen-bond donors (Lipinski definition) is 1. The van der Waals surface area contributed by atoms with Gasteiger partial charge in [0.2, 0.25) is 0 Å². The lowest BCUT2D eigenvalue weighted by Gasteiger charge is -2.28. The number of rotatable bonds is 5. The average molecular weight is 274 g/mol. The van der Waals surface area contributed by atoms with Crippen LogP contribution in [0.4, 0.5) is 0 Å². The quantitative estimate of drug-likeness (QED) is 0.837. The van der Waals surface area contributed by atoms with E-state index in [-0.39, 0.29) is 11.5 Å². The Hall–Kier alpha value is -1.58. The van der Waals surface area contributed by atoms with Crippen LogP contribution >= 0.6 is 10.3 Å². The number of carbonyl (C=O) groups excluding carboxylic acids is 1. The largest absolute Gasteiger partial charge is 0.351 e. The fourth-order valence-electron chi connectivity index (χ4n) is 1.97. The van der Waals surface area contributed by atoms with E-state index >= 15 is 0 Å². The van der Waals surface area contributed by atoms with Gasteiger partial charge in [-0.3, -0.25) is 4.79 Å². The molecular weight excluding hydrogens is 256 g/mol. The Kier molecular flexibility index (Phi) is 4.40. The molecule has 0 aliphatic carbocycles. The van der Waals surface area contributed by atoms with Crippen molar-refractivity contribution in [1.82, 2.24) is 0 Å². The van der Waals surface area contributed by atoms with Gasteiger partial charge < -0.3 is 4.55 Å². The second-order valence-corrected chi connectivity index (χ2v) is 7.81. The number of carbonyl (C=O) groups is 1. The smallest absolute Gasteiger partial charge is 0.173 e. The van der Waals surface area contributed by atoms with Gasteiger partial charge in [0.05, 0.1) is 5.75 Å². The summed E-state index contributed by atoms with van der Waals surface area (Å²) < 4.78 is 10.5. The summed E-state index contributed by atoms with van der Waals surface area (Å²) in [6, 6.07) is 19.0. The summed E-state index contributed by atoms with van der Waals surface area (Å²) in [7, 11) is -1.93. The minimum absolute atomic E-state index is 0.0107. The standard InChI is InChI=1S/C16H18O2S/c1-19(18,12-14-8-4-2-5-9-14)13-16(17)15-10-6-3-7-11-15/h2-11,18H,12-13H2,1H3. The van der Waals surface area contributed by atoms with Crippen molar-refractivity contribution in [1.29, 1.82) is 0 Å². The predicted molar refractivity (Wildman–Crippen MR) is 81.9 cm³/mol. The average Bonchev–Trinajstić information content (AvgIpc) is 2.39. The van der Waals surface area contributed by atoms with Gasteiger partial charge in [-0.2, -0.15) is 0 Å². The second kappa shape index (κ2) is 6.04. The molecule has 2 aromatic carbocycles. The SMILES string of the molecule is CS(O)(CC(=O)c1ccccc1)Cc1ccccc1. The molecule has 2 rings (SSSR count). The number of hydrogen-bond acceptors (Lipinski definition) is 2. The molecule has 0 amide bonds. The van der Waals surface area contributed by atoms with Crippen molar-refractivity contribution in [3.63, 3.8) is 0 Å². The summed E-state index contributed by atoms with van der Waals surface area (Å²) in [5, 5.41) is 0. The molecule has 1 unspecified atom stereocenters. The van der Waals surface area contributed by atoms with Gasteiger partial charge >= 0.3 is 0 Å². The van der Waals surface area contributed by atoms with Gasteiger partial charge in [0.25, 0.3) is 0 Å². The number of ketones is 1. The minimum Gasteiger partial charge on any atom is -0.351 e. The molecule has 1 atom stereocenters. The molecule has 0 spiro atoms. The van der Waals surface area contributed by atoms with E-state index in [4.69, 9.17) is 0 Å². The van der Waals surface area contributed by atoms with E-state index in [1.54, 1.807) is 18.4 Å². The van der Waals surface area contributed by atoms with Gasteiger partial charge in [0.15, 0.2) is 5.78 Å². The van der Waals surface area contributed by atoms with Crippen molar-refractivity contribution in [2.45, 2.75) is 5.75 Å². The van der Waals surface area contributed by atoms with E-state index < -0.39 is 10.3 Å². The fraction of sp³-hybridized carbons (Fsp3) is 0.188. The van der Waals surface area contributed by atoms with Crippen LogP contribution in [0.15, 0.2) is 60.7 Å². The van der Waals surface area contributed by atoms with Crippen LogP contribution in [0.1, 0.15) is 15.9 Å². The normalized spacial score (nSPS) is 15.5. The highest BCUT2D eigenvalue weighted by molar-refractivity contribution is 8.28. The predicted octanol–water partition coefficient (Wildman–Crippen LogP) is 3.98. The van der Waals surface area contributed by atoms with Gasteiger partial charge in [0.1, 0.15) is 0 Å². The molecule has 100 valence electrons. The van der Waals surface area contributed by atoms with Crippen LogP contribution in [-0.2, 0) is 5.75 Å². The maximum atomic E-state index is 12.1. The lowest BCUT2D eigenvalue weighted by atomic mass is 10.2. The zero-order chi connectivity index (χ0) is 13.7. The Morgan fingerprint density at radius 2 is 1.53 bits per heavy atom. The monoisotopic (exact) mass is 274 g/mol. The molecule has 2 aromatic rings. The summed E-state index contributed by atoms with van der Waals surface area (Å²) in [6.07, 6.45) is 1.79. The fourth-order valence-corrected chi connectivity index (χ4v) is 3.72. The van der Waals surface area contributed by atoms with Crippen LogP contribution in [0.2, 0.25) is 0 Å². The van der Waals surface area contributed by atoms with E-state index in [9.17, 15) is 9.35 Å². The Balaban J connectivity index is 2.03. The molecule has 0 aromatic heterocycles. The molecule has 0 aliphatic rings. The maximum absolute atomic E-state index is 12.1. The first-order valence-electron chi connectivity index (χ1n) is 6.15. The van der Waals surface area contributed by atoms with E-state index in [0.29, 0.717) is 11.3 Å². The van der Waals surface area contributed by atoms with E-state index in [1.807, 2.05) is 48.5 Å². The van der Waals surface area contributed by atoms with E-state index in [0.717, 1.165) is 5.56 Å². The molecule has 0 heterocycles. The van der Waals surface area contributed by atoms with Gasteiger partial charge in [-0.25, -0.2) is 0 Å². The molecule has 0 fully saturated rings. The highest BCUT2D eigenvalue weighted by Crippen LogP contribution is 2.43. The number of benzene rings is 2. The highest BCUT2D eigenvalue weighted by atomic mass is 32.3. The lowest BCUT2D eigenvalue weighted by molar-refractivity contribution is 0.102. The third kappa shape index (κ3) is 4.23. The van der Waals surface area contributed by atoms with Gasteiger partial charge in [-0.15, -0.1) is 10.3 Å². The van der Waals surface area contributed by atoms with Crippen molar-refractivity contribution >= 4 is 16.1 Å². The zero-order valence-corrected chi connectivity index (χ0v) is 11.8. The summed E-state index contributed by atoms with van der Waals surface area (Å²) in [5.74, 6) is 0.787. The van der Waals surface area contributed by atoms with Crippen molar-refractivity contribution in [2.24, 2.45) is 0 Å². The summed E-state index contributed by atoms with van der Waals surface area (Å²) >= 11 is 0. The number of Topliss-reactive ketones (excluding diaryl/α,β-unsaturated/α-hetero) is 1. The first-order chi connectivity index (χ1) is 9.07. The van der Waals surface area contributed by atoms with E-state index in [1.165, 1.54) is 0 Å². The summed E-state index contributed by atoms with van der Waals surface area (Å²) in [5.41, 5.74) is 1.74. The molecule has 1 N–H and O–H groups in total. The molecule has 0 saturated heterocycles. The highest BCUT2D eigenvalue weighted by Gasteiger charge is 2.20. The molecule has 2 nitrogen and oxygen atoms in total. The van der Waals surface area contributed by atoms with Crippen LogP contribution in [0.5, 0.6) is 0 Å². The molecule has 0 bridgehead atoms. The third-order valence-electron chi connectivity index (χ3n) is 2.86. The van der Waals surface area contributed by atoms with Crippen LogP contribution in [0, 0.1) is 0 Å². The zero-order valence-electron chi connectivity index (χ0n) is 11.0. The molecule has 0 aliphatic heterocycles. The van der Waals surface area contributed by atoms with Crippen LogP contribution in [-0.4, -0.2) is 22.3 Å². The summed E-state index contributed by atoms with van der Waals surface area (Å²) in [4.78, 5) is 12.1. The van der Waals surface area contributed by atoms with Gasteiger partial charge in [-0.05, 0) is 11.8 Å². The first-order valence-corrected chi connectivity index (χ1v) is 8.49. The first kappa shape index (κ1) is 13.8. The van der Waals surface area contributed by atoms with Crippen LogP contribution in [0.25, 0.3) is 0 Å². The Bertz CT molecular complexity index is 535. The molecular formula is C16H18O2S. The Morgan fingerprint density at radius 1 is 1.00 bits per heavy atom. The molecule has 0 radical (unpaired) electrons. The van der Waals surface area contributed by atoms with Crippen molar-refractivity contribution in [3.8, 4) is 0 Å². The molecule has 0 saturated carbocycles. The summed E-state index contributed by atoms with van der Waals surface area (Å²) in [6.45, 7) is 0. The Morgan fingerprint density at radius 3 is 2.11 bits per heavy atom. The van der Waals surface area contributed by atoms with Crippen molar-refractivity contribution in [2.75, 3.05) is 12.0 Å². The van der Waals surface area contributed by atoms with Crippen LogP contribution < -0.4 is 0 Å². The third-order valence-corrected chi connectivity index (χ3v) is 4.70. The Labute approximate surface area is 115 Å². The van der Waals surface area contributed by atoms with Gasteiger partial charge in [0, 0.05) is 11.3 Å². The topological polar surface area (TPSA) is 37.3 Å². The van der Waals surface area contributed by atoms with Crippen molar-refractivity contribution < 1.29 is 9.35 Å². The lowest BCUT2D eigenvalue weighted by Crippen LogP contribution is -2.14. The van der Waals surface area contributed by atoms with Crippen LogP contribution in [0.3, 0.4) is 0 Å². The second-order valence-electron chi connectivity index (χ2n) is 4.79. The van der Waals surface area contributed by atoms with E-state index in [2.05, 4.69) is 0 Å². The molecule has 3 heteroatoms. The molecule has 19 heavy (non-hydrogen) atoms. The maximum Gasteiger partial charge on any atom is 0.173 e.